The van der Waals surface area contributed by atoms with Gasteiger partial charge in [-0.05, 0) is 6.42 Å². The monoisotopic (exact) mass is 158 g/mol. The Balaban J connectivity index is 2.50. The van der Waals surface area contributed by atoms with E-state index in [0.717, 1.165) is 18.4 Å². The molecule has 56 valence electrons. The zero-order valence-electron chi connectivity index (χ0n) is 5.97. The summed E-state index contributed by atoms with van der Waals surface area (Å²) in [6, 6.07) is 0. The van der Waals surface area contributed by atoms with Crippen LogP contribution in [0.3, 0.4) is 0 Å². The molecule has 1 aromatic rings. The lowest BCUT2D eigenvalue weighted by atomic mass is 10.1. The van der Waals surface area contributed by atoms with Gasteiger partial charge in [0.1, 0.15) is 0 Å². The van der Waals surface area contributed by atoms with Gasteiger partial charge in [0, 0.05) is 11.8 Å². The van der Waals surface area contributed by atoms with Crippen molar-refractivity contribution in [3.63, 3.8) is 0 Å². The first-order valence-electron chi connectivity index (χ1n) is 3.47. The third kappa shape index (κ3) is 1.74. The number of nitrogens with zero attached hydrogens (tertiary/aromatic N) is 1. The second kappa shape index (κ2) is 3.62. The maximum Gasteiger partial charge on any atom is 0.0616 e. The Bertz CT molecular complexity index is 172. The number of alkyl halides is 1. The average Bonchev–Trinajstić information content (AvgIpc) is 2.38. The van der Waals surface area contributed by atoms with Crippen molar-refractivity contribution < 1.29 is 0 Å². The molecule has 0 fully saturated rings. The highest BCUT2D eigenvalue weighted by Crippen LogP contribution is 2.23. The average molecular weight is 159 g/mol. The predicted octanol–water partition coefficient (Wildman–Crippen LogP) is 2.49. The smallest absolute Gasteiger partial charge is 0.0616 e. The van der Waals surface area contributed by atoms with E-state index >= 15 is 0 Å². The maximum absolute atomic E-state index is 5.99. The van der Waals surface area contributed by atoms with Crippen molar-refractivity contribution in [1.29, 1.82) is 0 Å². The van der Waals surface area contributed by atoms with E-state index < -0.39 is 0 Å². The summed E-state index contributed by atoms with van der Waals surface area (Å²) in [4.78, 5) is 0. The molecule has 10 heavy (non-hydrogen) atoms. The lowest BCUT2D eigenvalue weighted by Gasteiger charge is -2.02. The molecule has 1 atom stereocenters. The topological polar surface area (TPSA) is 28.7 Å². The van der Waals surface area contributed by atoms with Crippen LogP contribution in [0.2, 0.25) is 0 Å². The first-order chi connectivity index (χ1) is 4.84. The second-order valence-corrected chi connectivity index (χ2v) is 2.81. The highest BCUT2D eigenvalue weighted by atomic mass is 35.5. The molecule has 1 aromatic heterocycles. The van der Waals surface area contributed by atoms with Crippen LogP contribution in [0.1, 0.15) is 30.7 Å². The van der Waals surface area contributed by atoms with Crippen molar-refractivity contribution in [3.8, 4) is 0 Å². The zero-order valence-corrected chi connectivity index (χ0v) is 6.73. The van der Waals surface area contributed by atoms with E-state index in [2.05, 4.69) is 17.1 Å². The fraction of sp³-hybridized carbons (Fsp3) is 0.571. The van der Waals surface area contributed by atoms with E-state index in [1.54, 1.807) is 6.20 Å². The van der Waals surface area contributed by atoms with Gasteiger partial charge >= 0.3 is 0 Å². The molecule has 0 amide bonds. The summed E-state index contributed by atoms with van der Waals surface area (Å²) < 4.78 is 0. The van der Waals surface area contributed by atoms with E-state index in [-0.39, 0.29) is 5.38 Å². The molecule has 0 aliphatic rings. The van der Waals surface area contributed by atoms with Crippen molar-refractivity contribution >= 4 is 11.6 Å². The number of rotatable bonds is 3. The fourth-order valence-electron chi connectivity index (χ4n) is 0.852. The lowest BCUT2D eigenvalue weighted by molar-refractivity contribution is 0.771. The Hall–Kier alpha value is -0.500. The molecule has 0 aromatic carbocycles. The molecule has 3 heteroatoms. The van der Waals surface area contributed by atoms with Crippen LogP contribution >= 0.6 is 11.6 Å². The molecule has 0 aliphatic heterocycles. The molecule has 0 spiro atoms. The maximum atomic E-state index is 5.99. The number of hydrogen-bond acceptors (Lipinski definition) is 1. The number of halogens is 1. The van der Waals surface area contributed by atoms with Crippen molar-refractivity contribution in [2.24, 2.45) is 0 Å². The standard InChI is InChI=1S/C7H11ClN2/c1-2-3-7(8)6-4-9-10-5-6/h4-5,7H,2-3H2,1H3,(H,9,10). The van der Waals surface area contributed by atoms with Crippen LogP contribution in [0.4, 0.5) is 0 Å². The highest BCUT2D eigenvalue weighted by Gasteiger charge is 2.05. The Labute approximate surface area is 65.6 Å². The molecule has 0 saturated carbocycles. The quantitative estimate of drug-likeness (QED) is 0.673. The summed E-state index contributed by atoms with van der Waals surface area (Å²) >= 11 is 5.99. The number of aromatic nitrogens is 2. The third-order valence-electron chi connectivity index (χ3n) is 1.42. The van der Waals surface area contributed by atoms with Crippen molar-refractivity contribution in [3.05, 3.63) is 18.0 Å². The minimum atomic E-state index is 0.128. The van der Waals surface area contributed by atoms with Crippen LogP contribution < -0.4 is 0 Å². The minimum absolute atomic E-state index is 0.128. The Morgan fingerprint density at radius 3 is 3.10 bits per heavy atom. The van der Waals surface area contributed by atoms with Gasteiger partial charge in [-0.3, -0.25) is 5.10 Å². The molecule has 1 N–H and O–H groups in total. The molecule has 0 saturated heterocycles. The van der Waals surface area contributed by atoms with E-state index in [1.807, 2.05) is 6.20 Å². The molecule has 1 unspecified atom stereocenters. The Kier molecular flexibility index (Phi) is 2.75. The van der Waals surface area contributed by atoms with Crippen molar-refractivity contribution in [2.75, 3.05) is 0 Å². The molecule has 0 aliphatic carbocycles. The molecule has 0 radical (unpaired) electrons. The van der Waals surface area contributed by atoms with Gasteiger partial charge in [-0.2, -0.15) is 5.10 Å². The SMILES string of the molecule is CCCC(Cl)c1cn[nH]c1. The highest BCUT2D eigenvalue weighted by molar-refractivity contribution is 6.20. The second-order valence-electron chi connectivity index (χ2n) is 2.29. The first-order valence-corrected chi connectivity index (χ1v) is 3.91. The van der Waals surface area contributed by atoms with E-state index in [1.165, 1.54) is 0 Å². The molecular weight excluding hydrogens is 148 g/mol. The molecule has 1 heterocycles. The fourth-order valence-corrected chi connectivity index (χ4v) is 1.19. The molecular formula is C7H11ClN2. The van der Waals surface area contributed by atoms with Crippen LogP contribution in [0.15, 0.2) is 12.4 Å². The zero-order chi connectivity index (χ0) is 7.40. The van der Waals surface area contributed by atoms with Crippen LogP contribution in [0.25, 0.3) is 0 Å². The summed E-state index contributed by atoms with van der Waals surface area (Å²) in [5, 5.41) is 6.68. The summed E-state index contributed by atoms with van der Waals surface area (Å²) in [6.45, 7) is 2.12. The van der Waals surface area contributed by atoms with Gasteiger partial charge in [0.25, 0.3) is 0 Å². The molecule has 2 nitrogen and oxygen atoms in total. The third-order valence-corrected chi connectivity index (χ3v) is 1.89. The number of hydrogen-bond donors (Lipinski definition) is 1. The normalized spacial score (nSPS) is 13.4. The van der Waals surface area contributed by atoms with Gasteiger partial charge in [0.15, 0.2) is 0 Å². The van der Waals surface area contributed by atoms with Crippen molar-refractivity contribution in [2.45, 2.75) is 25.1 Å². The lowest BCUT2D eigenvalue weighted by Crippen LogP contribution is -1.85. The number of nitrogens with one attached hydrogen (secondary N) is 1. The number of H-pyrrole nitrogens is 1. The number of aromatic amines is 1. The van der Waals surface area contributed by atoms with Crippen LogP contribution in [-0.2, 0) is 0 Å². The van der Waals surface area contributed by atoms with Crippen molar-refractivity contribution in [1.82, 2.24) is 10.2 Å². The van der Waals surface area contributed by atoms with E-state index in [0.29, 0.717) is 0 Å². The van der Waals surface area contributed by atoms with Gasteiger partial charge in [-0.15, -0.1) is 11.6 Å². The summed E-state index contributed by atoms with van der Waals surface area (Å²) in [7, 11) is 0. The van der Waals surface area contributed by atoms with Gasteiger partial charge in [-0.1, -0.05) is 13.3 Å². The van der Waals surface area contributed by atoms with Gasteiger partial charge in [0.05, 0.1) is 11.6 Å². The molecule has 1 rings (SSSR count). The van der Waals surface area contributed by atoms with E-state index in [9.17, 15) is 0 Å². The van der Waals surface area contributed by atoms with Crippen LogP contribution in [0.5, 0.6) is 0 Å². The minimum Gasteiger partial charge on any atom is -0.285 e. The summed E-state index contributed by atoms with van der Waals surface area (Å²) in [5.74, 6) is 0. The predicted molar refractivity (Wildman–Crippen MR) is 42.1 cm³/mol. The van der Waals surface area contributed by atoms with Gasteiger partial charge in [-0.25, -0.2) is 0 Å². The van der Waals surface area contributed by atoms with Crippen LogP contribution in [0, 0.1) is 0 Å². The largest absolute Gasteiger partial charge is 0.285 e. The summed E-state index contributed by atoms with van der Waals surface area (Å²) in [6.07, 6.45) is 5.74. The van der Waals surface area contributed by atoms with Gasteiger partial charge < -0.3 is 0 Å². The molecule has 0 bridgehead atoms. The Morgan fingerprint density at radius 2 is 2.60 bits per heavy atom. The Morgan fingerprint density at radius 1 is 1.80 bits per heavy atom. The first kappa shape index (κ1) is 7.61. The van der Waals surface area contributed by atoms with E-state index in [4.69, 9.17) is 11.6 Å². The van der Waals surface area contributed by atoms with Gasteiger partial charge in [0.2, 0.25) is 0 Å². The summed E-state index contributed by atoms with van der Waals surface area (Å²) in [5.41, 5.74) is 1.09. The van der Waals surface area contributed by atoms with Crippen LogP contribution in [-0.4, -0.2) is 10.2 Å².